The van der Waals surface area contributed by atoms with E-state index < -0.39 is 5.79 Å². The lowest BCUT2D eigenvalue weighted by Crippen LogP contribution is -2.31. The third kappa shape index (κ3) is 2.19. The van der Waals surface area contributed by atoms with Gasteiger partial charge < -0.3 is 15.2 Å². The summed E-state index contributed by atoms with van der Waals surface area (Å²) in [4.78, 5) is 0. The Bertz CT molecular complexity index is 143. The molecule has 0 aliphatic carbocycles. The summed E-state index contributed by atoms with van der Waals surface area (Å²) in [7, 11) is 0. The summed E-state index contributed by atoms with van der Waals surface area (Å²) in [6.45, 7) is 7.38. The first-order valence-electron chi connectivity index (χ1n) is 4.61. The van der Waals surface area contributed by atoms with Crippen LogP contribution in [0.2, 0.25) is 0 Å². The van der Waals surface area contributed by atoms with Gasteiger partial charge in [0.1, 0.15) is 0 Å². The molecule has 0 saturated carbocycles. The smallest absolute Gasteiger partial charge is 0.163 e. The van der Waals surface area contributed by atoms with Crippen LogP contribution in [0.25, 0.3) is 0 Å². The lowest BCUT2D eigenvalue weighted by Gasteiger charge is -2.21. The third-order valence-electron chi connectivity index (χ3n) is 2.38. The van der Waals surface area contributed by atoms with Crippen LogP contribution in [0.5, 0.6) is 0 Å². The zero-order chi connectivity index (χ0) is 9.19. The van der Waals surface area contributed by atoms with Gasteiger partial charge in [0, 0.05) is 0 Å². The molecule has 12 heavy (non-hydrogen) atoms. The van der Waals surface area contributed by atoms with E-state index in [2.05, 4.69) is 6.92 Å². The van der Waals surface area contributed by atoms with Gasteiger partial charge in [-0.1, -0.05) is 6.92 Å². The molecular formula is C9H19NO2. The van der Waals surface area contributed by atoms with Crippen LogP contribution in [0.15, 0.2) is 0 Å². The van der Waals surface area contributed by atoms with Gasteiger partial charge in [0.05, 0.1) is 12.7 Å². The molecule has 0 aromatic heterocycles. The van der Waals surface area contributed by atoms with Gasteiger partial charge in [0.15, 0.2) is 5.79 Å². The van der Waals surface area contributed by atoms with Crippen LogP contribution in [0.1, 0.15) is 27.2 Å². The van der Waals surface area contributed by atoms with Crippen molar-refractivity contribution in [3.8, 4) is 0 Å². The van der Waals surface area contributed by atoms with Crippen LogP contribution in [0, 0.1) is 5.92 Å². The molecule has 0 unspecified atom stereocenters. The highest BCUT2D eigenvalue weighted by molar-refractivity contribution is 4.77. The number of rotatable bonds is 3. The fraction of sp³-hybridized carbons (Fsp3) is 1.00. The molecule has 1 heterocycles. The molecule has 72 valence electrons. The predicted octanol–water partition coefficient (Wildman–Crippen LogP) is 1.12. The number of ether oxygens (including phenoxy) is 2. The molecule has 2 N–H and O–H groups in total. The minimum atomic E-state index is -0.409. The van der Waals surface area contributed by atoms with E-state index in [0.29, 0.717) is 19.1 Å². The molecule has 0 aromatic rings. The van der Waals surface area contributed by atoms with Gasteiger partial charge >= 0.3 is 0 Å². The maximum Gasteiger partial charge on any atom is 0.163 e. The molecular weight excluding hydrogens is 154 g/mol. The average Bonchev–Trinajstić information content (AvgIpc) is 2.34. The lowest BCUT2D eigenvalue weighted by atomic mass is 10.0. The summed E-state index contributed by atoms with van der Waals surface area (Å²) in [5.74, 6) is 0.0274. The molecule has 0 aromatic carbocycles. The van der Waals surface area contributed by atoms with E-state index in [-0.39, 0.29) is 6.10 Å². The van der Waals surface area contributed by atoms with E-state index in [1.54, 1.807) is 0 Å². The van der Waals surface area contributed by atoms with Crippen molar-refractivity contribution in [2.75, 3.05) is 13.2 Å². The van der Waals surface area contributed by atoms with Crippen molar-refractivity contribution in [1.29, 1.82) is 0 Å². The molecule has 1 aliphatic rings. The monoisotopic (exact) mass is 173 g/mol. The summed E-state index contributed by atoms with van der Waals surface area (Å²) >= 11 is 0. The Kier molecular flexibility index (Phi) is 3.09. The summed E-state index contributed by atoms with van der Waals surface area (Å²) in [5, 5.41) is 0. The highest BCUT2D eigenvalue weighted by Gasteiger charge is 2.35. The fourth-order valence-electron chi connectivity index (χ4n) is 1.53. The van der Waals surface area contributed by atoms with Gasteiger partial charge in [-0.2, -0.15) is 0 Å². The Morgan fingerprint density at radius 2 is 2.25 bits per heavy atom. The second-order valence-corrected chi connectivity index (χ2v) is 3.77. The largest absolute Gasteiger partial charge is 0.348 e. The summed E-state index contributed by atoms with van der Waals surface area (Å²) < 4.78 is 11.2. The third-order valence-corrected chi connectivity index (χ3v) is 2.38. The van der Waals surface area contributed by atoms with Gasteiger partial charge in [0.25, 0.3) is 0 Å². The van der Waals surface area contributed by atoms with Crippen LogP contribution in [-0.2, 0) is 9.47 Å². The van der Waals surface area contributed by atoms with Gasteiger partial charge in [-0.05, 0) is 32.7 Å². The summed E-state index contributed by atoms with van der Waals surface area (Å²) in [5.41, 5.74) is 5.62. The number of hydrogen-bond acceptors (Lipinski definition) is 3. The maximum absolute atomic E-state index is 5.69. The Balaban J connectivity index is 2.45. The van der Waals surface area contributed by atoms with Crippen molar-refractivity contribution in [2.24, 2.45) is 11.7 Å². The van der Waals surface area contributed by atoms with E-state index >= 15 is 0 Å². The van der Waals surface area contributed by atoms with Crippen molar-refractivity contribution in [3.05, 3.63) is 0 Å². The first kappa shape index (κ1) is 9.96. The fourth-order valence-corrected chi connectivity index (χ4v) is 1.53. The van der Waals surface area contributed by atoms with E-state index in [1.165, 1.54) is 0 Å². The summed E-state index contributed by atoms with van der Waals surface area (Å²) in [6.07, 6.45) is 1.25. The van der Waals surface area contributed by atoms with Gasteiger partial charge in [0.2, 0.25) is 0 Å². The van der Waals surface area contributed by atoms with Crippen LogP contribution < -0.4 is 5.73 Å². The molecule has 0 radical (unpaired) electrons. The van der Waals surface area contributed by atoms with Crippen LogP contribution in [0.3, 0.4) is 0 Å². The normalized spacial score (nSPS) is 30.5. The zero-order valence-electron chi connectivity index (χ0n) is 8.17. The maximum atomic E-state index is 5.69. The van der Waals surface area contributed by atoms with Crippen LogP contribution in [-0.4, -0.2) is 25.0 Å². The SMILES string of the molecule is CC[C@@H](CN)[C@@H]1COC(C)(C)O1. The first-order chi connectivity index (χ1) is 5.59. The lowest BCUT2D eigenvalue weighted by molar-refractivity contribution is -0.144. The molecule has 0 bridgehead atoms. The standard InChI is InChI=1S/C9H19NO2/c1-4-7(5-10)8-6-11-9(2,3)12-8/h7-8H,4-6,10H2,1-3H3/t7-,8-/m0/s1. The van der Waals surface area contributed by atoms with E-state index in [9.17, 15) is 0 Å². The Hall–Kier alpha value is -0.120. The van der Waals surface area contributed by atoms with Crippen molar-refractivity contribution >= 4 is 0 Å². The van der Waals surface area contributed by atoms with Crippen molar-refractivity contribution in [3.63, 3.8) is 0 Å². The van der Waals surface area contributed by atoms with Crippen molar-refractivity contribution in [1.82, 2.24) is 0 Å². The average molecular weight is 173 g/mol. The molecule has 3 nitrogen and oxygen atoms in total. The van der Waals surface area contributed by atoms with Crippen LogP contribution in [0.4, 0.5) is 0 Å². The molecule has 3 heteroatoms. The molecule has 1 rings (SSSR count). The van der Waals surface area contributed by atoms with Crippen molar-refractivity contribution < 1.29 is 9.47 Å². The molecule has 1 aliphatic heterocycles. The molecule has 1 fully saturated rings. The minimum absolute atomic E-state index is 0.190. The zero-order valence-corrected chi connectivity index (χ0v) is 8.17. The van der Waals surface area contributed by atoms with Crippen LogP contribution >= 0.6 is 0 Å². The second-order valence-electron chi connectivity index (χ2n) is 3.77. The molecule has 1 saturated heterocycles. The highest BCUT2D eigenvalue weighted by Crippen LogP contribution is 2.27. The minimum Gasteiger partial charge on any atom is -0.348 e. The van der Waals surface area contributed by atoms with Crippen molar-refractivity contribution in [2.45, 2.75) is 39.1 Å². The molecule has 0 spiro atoms. The Morgan fingerprint density at radius 3 is 2.58 bits per heavy atom. The molecule has 2 atom stereocenters. The summed E-state index contributed by atoms with van der Waals surface area (Å²) in [6, 6.07) is 0. The van der Waals surface area contributed by atoms with Gasteiger partial charge in [-0.3, -0.25) is 0 Å². The van der Waals surface area contributed by atoms with Gasteiger partial charge in [-0.15, -0.1) is 0 Å². The van der Waals surface area contributed by atoms with E-state index in [0.717, 1.165) is 6.42 Å². The second kappa shape index (κ2) is 3.73. The van der Waals surface area contributed by atoms with E-state index in [4.69, 9.17) is 15.2 Å². The Morgan fingerprint density at radius 1 is 1.58 bits per heavy atom. The molecule has 0 amide bonds. The topological polar surface area (TPSA) is 44.5 Å². The van der Waals surface area contributed by atoms with E-state index in [1.807, 2.05) is 13.8 Å². The first-order valence-corrected chi connectivity index (χ1v) is 4.61. The quantitative estimate of drug-likeness (QED) is 0.695. The highest BCUT2D eigenvalue weighted by atomic mass is 16.7. The number of hydrogen-bond donors (Lipinski definition) is 1. The number of nitrogens with two attached hydrogens (primary N) is 1. The van der Waals surface area contributed by atoms with Gasteiger partial charge in [-0.25, -0.2) is 0 Å². The predicted molar refractivity (Wildman–Crippen MR) is 47.7 cm³/mol. The Labute approximate surface area is 74.2 Å².